The maximum atomic E-state index is 11.4. The van der Waals surface area contributed by atoms with Crippen LogP contribution in [0.1, 0.15) is 33.6 Å². The van der Waals surface area contributed by atoms with Crippen LogP contribution in [-0.2, 0) is 4.79 Å². The summed E-state index contributed by atoms with van der Waals surface area (Å²) in [5, 5.41) is 2.88. The number of nitrogens with two attached hydrogens (primary N) is 1. The van der Waals surface area contributed by atoms with Crippen LogP contribution in [0.5, 0.6) is 0 Å². The van der Waals surface area contributed by atoms with E-state index in [2.05, 4.69) is 5.32 Å². The van der Waals surface area contributed by atoms with Gasteiger partial charge in [-0.1, -0.05) is 20.8 Å². The van der Waals surface area contributed by atoms with Crippen LogP contribution in [0.2, 0.25) is 0 Å². The molecule has 3 N–H and O–H groups in total. The second-order valence-corrected chi connectivity index (χ2v) is 4.96. The Balaban J connectivity index is 2.21. The van der Waals surface area contributed by atoms with E-state index in [0.29, 0.717) is 12.5 Å². The minimum Gasteiger partial charge on any atom is -0.354 e. The van der Waals surface area contributed by atoms with Crippen molar-refractivity contribution < 1.29 is 4.79 Å². The number of carbonyl (C=O) groups excluding carboxylic acids is 1. The zero-order valence-electron chi connectivity index (χ0n) is 8.76. The molecule has 13 heavy (non-hydrogen) atoms. The van der Waals surface area contributed by atoms with Gasteiger partial charge >= 0.3 is 0 Å². The van der Waals surface area contributed by atoms with Crippen molar-refractivity contribution in [1.82, 2.24) is 5.32 Å². The Morgan fingerprint density at radius 1 is 1.54 bits per heavy atom. The molecule has 1 amide bonds. The summed E-state index contributed by atoms with van der Waals surface area (Å²) >= 11 is 0. The predicted octanol–water partition coefficient (Wildman–Crippen LogP) is 0.886. The van der Waals surface area contributed by atoms with Gasteiger partial charge in [0.2, 0.25) is 5.91 Å². The van der Waals surface area contributed by atoms with Gasteiger partial charge in [-0.05, 0) is 18.8 Å². The first kappa shape index (κ1) is 10.5. The lowest BCUT2D eigenvalue weighted by Gasteiger charge is -2.19. The highest BCUT2D eigenvalue weighted by atomic mass is 16.2. The van der Waals surface area contributed by atoms with E-state index < -0.39 is 0 Å². The fraction of sp³-hybridized carbons (Fsp3) is 0.900. The van der Waals surface area contributed by atoms with E-state index in [4.69, 9.17) is 5.73 Å². The number of hydrogen-bond donors (Lipinski definition) is 2. The van der Waals surface area contributed by atoms with Gasteiger partial charge in [-0.2, -0.15) is 0 Å². The Morgan fingerprint density at radius 3 is 2.46 bits per heavy atom. The average Bonchev–Trinajstić information content (AvgIpc) is 2.79. The smallest absolute Gasteiger partial charge is 0.225 e. The molecule has 1 atom stereocenters. The third-order valence-corrected chi connectivity index (χ3v) is 2.41. The average molecular weight is 184 g/mol. The molecular formula is C10H20N2O. The van der Waals surface area contributed by atoms with Crippen LogP contribution < -0.4 is 11.1 Å². The zero-order valence-corrected chi connectivity index (χ0v) is 8.76. The number of nitrogens with one attached hydrogen (secondary N) is 1. The zero-order chi connectivity index (χ0) is 10.1. The highest BCUT2D eigenvalue weighted by Gasteiger charge is 2.29. The molecule has 0 saturated heterocycles. The second kappa shape index (κ2) is 3.66. The quantitative estimate of drug-likeness (QED) is 0.684. The largest absolute Gasteiger partial charge is 0.354 e. The van der Waals surface area contributed by atoms with Gasteiger partial charge in [-0.15, -0.1) is 0 Å². The van der Waals surface area contributed by atoms with Crippen molar-refractivity contribution >= 4 is 5.91 Å². The fourth-order valence-corrected chi connectivity index (χ4v) is 1.17. The molecule has 0 spiro atoms. The van der Waals surface area contributed by atoms with Crippen LogP contribution in [0.4, 0.5) is 0 Å². The van der Waals surface area contributed by atoms with Crippen molar-refractivity contribution in [1.29, 1.82) is 0 Å². The summed E-state index contributed by atoms with van der Waals surface area (Å²) < 4.78 is 0. The van der Waals surface area contributed by atoms with Crippen LogP contribution in [0, 0.1) is 11.3 Å². The van der Waals surface area contributed by atoms with Crippen molar-refractivity contribution in [2.75, 3.05) is 6.54 Å². The summed E-state index contributed by atoms with van der Waals surface area (Å²) in [5.41, 5.74) is 5.55. The van der Waals surface area contributed by atoms with E-state index in [1.54, 1.807) is 0 Å². The molecule has 0 aliphatic heterocycles. The molecule has 1 rings (SSSR count). The molecule has 0 bridgehead atoms. The molecule has 0 radical (unpaired) electrons. The summed E-state index contributed by atoms with van der Waals surface area (Å²) in [6.07, 6.45) is 2.46. The molecule has 1 unspecified atom stereocenters. The van der Waals surface area contributed by atoms with Gasteiger partial charge in [0.25, 0.3) is 0 Å². The lowest BCUT2D eigenvalue weighted by molar-refractivity contribution is -0.128. The van der Waals surface area contributed by atoms with Gasteiger partial charge in [0.05, 0.1) is 0 Å². The summed E-state index contributed by atoms with van der Waals surface area (Å²) in [5.74, 6) is 0.740. The summed E-state index contributed by atoms with van der Waals surface area (Å²) in [6.45, 7) is 6.35. The molecule has 1 aliphatic rings. The maximum Gasteiger partial charge on any atom is 0.225 e. The van der Waals surface area contributed by atoms with Crippen molar-refractivity contribution in [2.24, 2.45) is 17.1 Å². The minimum atomic E-state index is -0.302. The molecule has 3 nitrogen and oxygen atoms in total. The maximum absolute atomic E-state index is 11.4. The number of amides is 1. The molecule has 0 aromatic carbocycles. The Kier molecular flexibility index (Phi) is 2.96. The van der Waals surface area contributed by atoms with E-state index in [1.165, 1.54) is 12.8 Å². The molecule has 3 heteroatoms. The van der Waals surface area contributed by atoms with Crippen LogP contribution in [0.25, 0.3) is 0 Å². The topological polar surface area (TPSA) is 55.1 Å². The Bertz CT molecular complexity index is 192. The van der Waals surface area contributed by atoms with E-state index in [1.807, 2.05) is 20.8 Å². The molecule has 1 fully saturated rings. The Hall–Kier alpha value is -0.570. The summed E-state index contributed by atoms with van der Waals surface area (Å²) in [6, 6.07) is 0.159. The molecule has 0 heterocycles. The van der Waals surface area contributed by atoms with Gasteiger partial charge in [0.1, 0.15) is 0 Å². The highest BCUT2D eigenvalue weighted by molar-refractivity contribution is 5.81. The first-order chi connectivity index (χ1) is 5.91. The van der Waals surface area contributed by atoms with Gasteiger partial charge in [0, 0.05) is 18.0 Å². The van der Waals surface area contributed by atoms with Crippen molar-refractivity contribution in [2.45, 2.75) is 39.7 Å². The van der Waals surface area contributed by atoms with E-state index in [0.717, 1.165) is 0 Å². The van der Waals surface area contributed by atoms with Gasteiger partial charge in [-0.3, -0.25) is 4.79 Å². The van der Waals surface area contributed by atoms with Crippen molar-refractivity contribution in [3.63, 3.8) is 0 Å². The number of carbonyl (C=O) groups is 1. The van der Waals surface area contributed by atoms with Gasteiger partial charge in [0.15, 0.2) is 0 Å². The monoisotopic (exact) mass is 184 g/mol. The van der Waals surface area contributed by atoms with Crippen LogP contribution in [-0.4, -0.2) is 18.5 Å². The van der Waals surface area contributed by atoms with E-state index >= 15 is 0 Å². The predicted molar refractivity (Wildman–Crippen MR) is 53.2 cm³/mol. The fourth-order valence-electron chi connectivity index (χ4n) is 1.17. The molecule has 0 aromatic heterocycles. The van der Waals surface area contributed by atoms with Crippen molar-refractivity contribution in [3.05, 3.63) is 0 Å². The van der Waals surface area contributed by atoms with E-state index in [9.17, 15) is 4.79 Å². The van der Waals surface area contributed by atoms with Crippen LogP contribution >= 0.6 is 0 Å². The second-order valence-electron chi connectivity index (χ2n) is 4.96. The SMILES string of the molecule is CC(C)(C)C(=O)NCC(N)C1CC1. The third-order valence-electron chi connectivity index (χ3n) is 2.41. The van der Waals surface area contributed by atoms with Gasteiger partial charge in [-0.25, -0.2) is 0 Å². The number of hydrogen-bond acceptors (Lipinski definition) is 2. The molecular weight excluding hydrogens is 164 g/mol. The first-order valence-corrected chi connectivity index (χ1v) is 4.95. The standard InChI is InChI=1S/C10H20N2O/c1-10(2,3)9(13)12-6-8(11)7-4-5-7/h7-8H,4-6,11H2,1-3H3,(H,12,13). The Morgan fingerprint density at radius 2 is 2.08 bits per heavy atom. The molecule has 1 aliphatic carbocycles. The molecule has 76 valence electrons. The van der Waals surface area contributed by atoms with E-state index in [-0.39, 0.29) is 17.4 Å². The summed E-state index contributed by atoms with van der Waals surface area (Å²) in [7, 11) is 0. The van der Waals surface area contributed by atoms with Crippen molar-refractivity contribution in [3.8, 4) is 0 Å². The molecule has 0 aromatic rings. The third kappa shape index (κ3) is 3.35. The minimum absolute atomic E-state index is 0.0867. The lowest BCUT2D eigenvalue weighted by atomic mass is 9.95. The lowest BCUT2D eigenvalue weighted by Crippen LogP contribution is -2.43. The number of rotatable bonds is 3. The molecule has 1 saturated carbocycles. The first-order valence-electron chi connectivity index (χ1n) is 4.95. The highest BCUT2D eigenvalue weighted by Crippen LogP contribution is 2.31. The normalized spacial score (nSPS) is 19.7. The van der Waals surface area contributed by atoms with Gasteiger partial charge < -0.3 is 11.1 Å². The van der Waals surface area contributed by atoms with Crippen LogP contribution in [0.15, 0.2) is 0 Å². The summed E-state index contributed by atoms with van der Waals surface area (Å²) in [4.78, 5) is 11.4. The van der Waals surface area contributed by atoms with Crippen LogP contribution in [0.3, 0.4) is 0 Å². The Labute approximate surface area is 80.1 Å².